The molecule has 1 heterocycles. The Balaban J connectivity index is 2.25. The Labute approximate surface area is 145 Å². The molecular formula is C16H19Cl2NO4. The number of carboxylic acids is 1. The molecule has 23 heavy (non-hydrogen) atoms. The standard InChI is InChI=1S/C16H19Cl2NO4/c1-16(2,3)23-15(22)19-7-11(12(8-19)14(20)21)10-5-4-9(17)6-13(10)18/h4-6,11-12H,7-8H2,1-3H3,(H,20,21)/t11-,12-/m1/s1. The fourth-order valence-corrected chi connectivity index (χ4v) is 3.20. The third kappa shape index (κ3) is 4.30. The number of carbonyl (C=O) groups is 2. The third-order valence-electron chi connectivity index (χ3n) is 3.65. The van der Waals surface area contributed by atoms with Crippen LogP contribution < -0.4 is 0 Å². The number of rotatable bonds is 2. The highest BCUT2D eigenvalue weighted by molar-refractivity contribution is 6.35. The number of halogens is 2. The van der Waals surface area contributed by atoms with Crippen molar-refractivity contribution < 1.29 is 19.4 Å². The van der Waals surface area contributed by atoms with Gasteiger partial charge in [0.1, 0.15) is 5.60 Å². The molecule has 1 amide bonds. The van der Waals surface area contributed by atoms with Gasteiger partial charge in [0.25, 0.3) is 0 Å². The molecular weight excluding hydrogens is 341 g/mol. The first-order valence-corrected chi connectivity index (χ1v) is 8.00. The molecule has 0 bridgehead atoms. The summed E-state index contributed by atoms with van der Waals surface area (Å²) in [4.78, 5) is 25.2. The van der Waals surface area contributed by atoms with E-state index >= 15 is 0 Å². The normalized spacial score (nSPS) is 21.3. The fourth-order valence-electron chi connectivity index (χ4n) is 2.65. The topological polar surface area (TPSA) is 66.8 Å². The van der Waals surface area contributed by atoms with Gasteiger partial charge in [-0.05, 0) is 38.5 Å². The summed E-state index contributed by atoms with van der Waals surface area (Å²) >= 11 is 12.1. The van der Waals surface area contributed by atoms with Gasteiger partial charge in [-0.1, -0.05) is 29.3 Å². The number of hydrogen-bond acceptors (Lipinski definition) is 3. The van der Waals surface area contributed by atoms with Gasteiger partial charge < -0.3 is 14.7 Å². The zero-order valence-corrected chi connectivity index (χ0v) is 14.7. The minimum atomic E-state index is -0.966. The Morgan fingerprint density at radius 2 is 1.91 bits per heavy atom. The van der Waals surface area contributed by atoms with E-state index in [0.717, 1.165) is 0 Å². The maximum atomic E-state index is 12.2. The zero-order chi connectivity index (χ0) is 17.4. The van der Waals surface area contributed by atoms with E-state index in [1.165, 1.54) is 4.90 Å². The highest BCUT2D eigenvalue weighted by Gasteiger charge is 2.42. The summed E-state index contributed by atoms with van der Waals surface area (Å²) in [6.45, 7) is 5.64. The Kier molecular flexibility index (Phi) is 5.11. The van der Waals surface area contributed by atoms with Crippen molar-refractivity contribution in [2.75, 3.05) is 13.1 Å². The quantitative estimate of drug-likeness (QED) is 0.865. The molecule has 5 nitrogen and oxygen atoms in total. The average Bonchev–Trinajstić information content (AvgIpc) is 2.81. The summed E-state index contributed by atoms with van der Waals surface area (Å²) in [6.07, 6.45) is -0.517. The molecule has 2 rings (SSSR count). The molecule has 0 radical (unpaired) electrons. The second-order valence-electron chi connectivity index (χ2n) is 6.60. The Morgan fingerprint density at radius 3 is 2.43 bits per heavy atom. The maximum absolute atomic E-state index is 12.2. The maximum Gasteiger partial charge on any atom is 0.410 e. The van der Waals surface area contributed by atoms with Crippen LogP contribution in [0.3, 0.4) is 0 Å². The molecule has 1 fully saturated rings. The summed E-state index contributed by atoms with van der Waals surface area (Å²) in [6, 6.07) is 4.95. The number of likely N-dealkylation sites (tertiary alicyclic amines) is 1. The van der Waals surface area contributed by atoms with Gasteiger partial charge in [-0.15, -0.1) is 0 Å². The lowest BCUT2D eigenvalue weighted by atomic mass is 9.89. The molecule has 0 unspecified atom stereocenters. The summed E-state index contributed by atoms with van der Waals surface area (Å²) in [5, 5.41) is 10.4. The number of ether oxygens (including phenoxy) is 1. The minimum Gasteiger partial charge on any atom is -0.481 e. The second kappa shape index (κ2) is 6.57. The van der Waals surface area contributed by atoms with Crippen LogP contribution in [0.2, 0.25) is 10.0 Å². The highest BCUT2D eigenvalue weighted by Crippen LogP contribution is 2.38. The van der Waals surface area contributed by atoms with Gasteiger partial charge >= 0.3 is 12.1 Å². The van der Waals surface area contributed by atoms with Crippen LogP contribution in [0.5, 0.6) is 0 Å². The van der Waals surface area contributed by atoms with Gasteiger partial charge in [-0.3, -0.25) is 4.79 Å². The lowest BCUT2D eigenvalue weighted by Crippen LogP contribution is -2.35. The molecule has 1 aliphatic heterocycles. The Bertz CT molecular complexity index is 627. The van der Waals surface area contributed by atoms with Crippen LogP contribution in [0.1, 0.15) is 32.3 Å². The smallest absolute Gasteiger partial charge is 0.410 e. The number of aliphatic carboxylic acids is 1. The van der Waals surface area contributed by atoms with Gasteiger partial charge in [0, 0.05) is 29.1 Å². The van der Waals surface area contributed by atoms with E-state index in [1.807, 2.05) is 0 Å². The molecule has 0 aromatic heterocycles. The van der Waals surface area contributed by atoms with Crippen molar-refractivity contribution in [2.24, 2.45) is 5.92 Å². The molecule has 126 valence electrons. The van der Waals surface area contributed by atoms with Crippen LogP contribution in [0.25, 0.3) is 0 Å². The molecule has 1 aliphatic rings. The lowest BCUT2D eigenvalue weighted by Gasteiger charge is -2.24. The predicted molar refractivity (Wildman–Crippen MR) is 88.1 cm³/mol. The molecule has 1 saturated heterocycles. The van der Waals surface area contributed by atoms with E-state index in [4.69, 9.17) is 27.9 Å². The van der Waals surface area contributed by atoms with E-state index in [0.29, 0.717) is 15.6 Å². The largest absolute Gasteiger partial charge is 0.481 e. The van der Waals surface area contributed by atoms with Gasteiger partial charge in [-0.2, -0.15) is 0 Å². The zero-order valence-electron chi connectivity index (χ0n) is 13.2. The van der Waals surface area contributed by atoms with Crippen molar-refractivity contribution in [3.63, 3.8) is 0 Å². The Hall–Kier alpha value is -1.46. The van der Waals surface area contributed by atoms with Crippen molar-refractivity contribution in [3.8, 4) is 0 Å². The second-order valence-corrected chi connectivity index (χ2v) is 7.45. The molecule has 1 N–H and O–H groups in total. The molecule has 0 aliphatic carbocycles. The first-order chi connectivity index (χ1) is 10.6. The summed E-state index contributed by atoms with van der Waals surface area (Å²) in [7, 11) is 0. The van der Waals surface area contributed by atoms with E-state index < -0.39 is 29.5 Å². The van der Waals surface area contributed by atoms with Crippen LogP contribution >= 0.6 is 23.2 Å². The lowest BCUT2D eigenvalue weighted by molar-refractivity contribution is -0.141. The SMILES string of the molecule is CC(C)(C)OC(=O)N1C[C@H](c2ccc(Cl)cc2Cl)[C@H](C(=O)O)C1. The number of hydrogen-bond donors (Lipinski definition) is 1. The number of nitrogens with zero attached hydrogens (tertiary/aromatic N) is 1. The molecule has 0 saturated carbocycles. The van der Waals surface area contributed by atoms with Crippen LogP contribution in [0.4, 0.5) is 4.79 Å². The first-order valence-electron chi connectivity index (χ1n) is 7.24. The van der Waals surface area contributed by atoms with Crippen molar-refractivity contribution in [2.45, 2.75) is 32.3 Å². The van der Waals surface area contributed by atoms with E-state index in [-0.39, 0.29) is 13.1 Å². The predicted octanol–water partition coefficient (Wildman–Crippen LogP) is 4.03. The van der Waals surface area contributed by atoms with Gasteiger partial charge in [-0.25, -0.2) is 4.79 Å². The monoisotopic (exact) mass is 359 g/mol. The highest BCUT2D eigenvalue weighted by atomic mass is 35.5. The molecule has 2 atom stereocenters. The number of amides is 1. The van der Waals surface area contributed by atoms with Gasteiger partial charge in [0.05, 0.1) is 5.92 Å². The van der Waals surface area contributed by atoms with Crippen molar-refractivity contribution in [1.82, 2.24) is 4.90 Å². The van der Waals surface area contributed by atoms with Crippen LogP contribution in [-0.4, -0.2) is 40.8 Å². The van der Waals surface area contributed by atoms with E-state index in [9.17, 15) is 14.7 Å². The van der Waals surface area contributed by atoms with Crippen molar-refractivity contribution >= 4 is 35.3 Å². The summed E-state index contributed by atoms with van der Waals surface area (Å²) in [5.74, 6) is -2.10. The summed E-state index contributed by atoms with van der Waals surface area (Å²) < 4.78 is 5.32. The van der Waals surface area contributed by atoms with E-state index in [1.54, 1.807) is 39.0 Å². The fraction of sp³-hybridized carbons (Fsp3) is 0.500. The van der Waals surface area contributed by atoms with Gasteiger partial charge in [0.2, 0.25) is 0 Å². The molecule has 7 heteroatoms. The average molecular weight is 360 g/mol. The number of carbonyl (C=O) groups excluding carboxylic acids is 1. The van der Waals surface area contributed by atoms with E-state index in [2.05, 4.69) is 0 Å². The van der Waals surface area contributed by atoms with Crippen LogP contribution in [0.15, 0.2) is 18.2 Å². The molecule has 0 spiro atoms. The first kappa shape index (κ1) is 17.9. The third-order valence-corrected chi connectivity index (χ3v) is 4.21. The molecule has 1 aromatic carbocycles. The number of carboxylic acid groups (broad SMARTS) is 1. The van der Waals surface area contributed by atoms with Crippen LogP contribution in [0, 0.1) is 5.92 Å². The summed E-state index contributed by atoms with van der Waals surface area (Å²) in [5.41, 5.74) is 0.0424. The van der Waals surface area contributed by atoms with Crippen molar-refractivity contribution in [1.29, 1.82) is 0 Å². The minimum absolute atomic E-state index is 0.0911. The Morgan fingerprint density at radius 1 is 1.26 bits per heavy atom. The number of benzene rings is 1. The van der Waals surface area contributed by atoms with Crippen LogP contribution in [-0.2, 0) is 9.53 Å². The van der Waals surface area contributed by atoms with Crippen molar-refractivity contribution in [3.05, 3.63) is 33.8 Å². The molecule has 1 aromatic rings. The van der Waals surface area contributed by atoms with Gasteiger partial charge in [0.15, 0.2) is 0 Å².